The van der Waals surface area contributed by atoms with Crippen molar-refractivity contribution in [3.8, 4) is 0 Å². The molecule has 0 amide bonds. The average Bonchev–Trinajstić information content (AvgIpc) is 2.88. The van der Waals surface area contributed by atoms with Gasteiger partial charge in [-0.2, -0.15) is 0 Å². The predicted octanol–water partition coefficient (Wildman–Crippen LogP) is 3.58. The molecule has 0 radical (unpaired) electrons. The number of rotatable bonds is 3. The van der Waals surface area contributed by atoms with E-state index >= 15 is 0 Å². The topological polar surface area (TPSA) is 21.3 Å². The van der Waals surface area contributed by atoms with Crippen molar-refractivity contribution < 1.29 is 4.74 Å². The van der Waals surface area contributed by atoms with Gasteiger partial charge in [-0.1, -0.05) is 24.3 Å². The maximum absolute atomic E-state index is 6.33. The van der Waals surface area contributed by atoms with E-state index in [0.29, 0.717) is 17.9 Å². The first-order valence-corrected chi connectivity index (χ1v) is 8.27. The first-order chi connectivity index (χ1) is 9.82. The van der Waals surface area contributed by atoms with Gasteiger partial charge in [-0.15, -0.1) is 0 Å². The molecule has 2 nitrogen and oxygen atoms in total. The quantitative estimate of drug-likeness (QED) is 0.917. The third kappa shape index (κ3) is 2.76. The Balaban J connectivity index is 1.81. The van der Waals surface area contributed by atoms with Gasteiger partial charge >= 0.3 is 0 Å². The van der Waals surface area contributed by atoms with Gasteiger partial charge in [0.1, 0.15) is 0 Å². The molecule has 2 aliphatic rings. The molecule has 1 saturated heterocycles. The first kappa shape index (κ1) is 15.1. The van der Waals surface area contributed by atoms with Crippen LogP contribution < -0.4 is 5.32 Å². The molecule has 2 unspecified atom stereocenters. The molecule has 1 aliphatic carbocycles. The molecule has 1 heterocycles. The van der Waals surface area contributed by atoms with Crippen LogP contribution >= 0.6 is 0 Å². The summed E-state index contributed by atoms with van der Waals surface area (Å²) in [5.74, 6) is 1.26. The Morgan fingerprint density at radius 1 is 1.10 bits per heavy atom. The molecule has 0 spiro atoms. The van der Waals surface area contributed by atoms with Crippen molar-refractivity contribution in [2.24, 2.45) is 11.8 Å². The largest absolute Gasteiger partial charge is 0.369 e. The van der Waals surface area contributed by atoms with E-state index in [2.05, 4.69) is 64.3 Å². The van der Waals surface area contributed by atoms with Gasteiger partial charge in [0, 0.05) is 12.0 Å². The molecule has 116 valence electrons. The monoisotopic (exact) mass is 287 g/mol. The minimum atomic E-state index is -0.0497. The zero-order valence-corrected chi connectivity index (χ0v) is 14.1. The Morgan fingerprint density at radius 2 is 1.67 bits per heavy atom. The first-order valence-electron chi connectivity index (χ1n) is 8.27. The minimum Gasteiger partial charge on any atom is -0.369 e. The summed E-state index contributed by atoms with van der Waals surface area (Å²) in [6, 6.07) is 9.45. The minimum absolute atomic E-state index is 0.00524. The molecule has 3 rings (SSSR count). The predicted molar refractivity (Wildman–Crippen MR) is 87.5 cm³/mol. The zero-order chi connectivity index (χ0) is 15.3. The lowest BCUT2D eigenvalue weighted by molar-refractivity contribution is -0.0792. The maximum Gasteiger partial charge on any atom is 0.0677 e. The van der Waals surface area contributed by atoms with Crippen LogP contribution in [0, 0.1) is 11.8 Å². The van der Waals surface area contributed by atoms with E-state index < -0.39 is 0 Å². The number of hydrogen-bond donors (Lipinski definition) is 1. The molecule has 0 bridgehead atoms. The summed E-state index contributed by atoms with van der Waals surface area (Å²) in [6.45, 7) is 8.98. The lowest BCUT2D eigenvalue weighted by atomic mass is 9.75. The van der Waals surface area contributed by atoms with Crippen LogP contribution in [0.5, 0.6) is 0 Å². The third-order valence-electron chi connectivity index (χ3n) is 5.50. The van der Waals surface area contributed by atoms with Gasteiger partial charge in [-0.05, 0) is 71.0 Å². The van der Waals surface area contributed by atoms with E-state index in [1.165, 1.54) is 12.8 Å². The number of hydrogen-bond acceptors (Lipinski definition) is 2. The van der Waals surface area contributed by atoms with Gasteiger partial charge in [0.25, 0.3) is 0 Å². The molecule has 0 saturated carbocycles. The molecular formula is C19H29NO. The lowest BCUT2D eigenvalue weighted by Crippen LogP contribution is -2.47. The summed E-state index contributed by atoms with van der Waals surface area (Å²) in [7, 11) is 2.12. The number of fused-ring (bicyclic) bond motifs is 1. The fraction of sp³-hybridized carbons (Fsp3) is 0.684. The summed E-state index contributed by atoms with van der Waals surface area (Å²) < 4.78 is 6.33. The summed E-state index contributed by atoms with van der Waals surface area (Å²) in [5.41, 5.74) is 3.03. The van der Waals surface area contributed by atoms with Gasteiger partial charge in [0.2, 0.25) is 0 Å². The van der Waals surface area contributed by atoms with Gasteiger partial charge in [-0.3, -0.25) is 0 Å². The van der Waals surface area contributed by atoms with Crippen LogP contribution in [-0.4, -0.2) is 24.3 Å². The fourth-order valence-corrected chi connectivity index (χ4v) is 4.78. The van der Waals surface area contributed by atoms with E-state index in [1.54, 1.807) is 11.1 Å². The van der Waals surface area contributed by atoms with Crippen molar-refractivity contribution >= 4 is 0 Å². The standard InChI is InChI=1S/C19H29NO/c1-18(2)12-16(19(3,4)21-18)17(20-5)15-10-13-8-6-7-9-14(13)11-15/h6-9,15-17,20H,10-12H2,1-5H3. The van der Waals surface area contributed by atoms with Crippen molar-refractivity contribution in [3.63, 3.8) is 0 Å². The van der Waals surface area contributed by atoms with Crippen molar-refractivity contribution in [3.05, 3.63) is 35.4 Å². The van der Waals surface area contributed by atoms with E-state index in [0.717, 1.165) is 6.42 Å². The zero-order valence-electron chi connectivity index (χ0n) is 14.1. The molecule has 1 aromatic carbocycles. The molecule has 2 heteroatoms. The second-order valence-corrected chi connectivity index (χ2v) is 8.03. The highest BCUT2D eigenvalue weighted by Crippen LogP contribution is 2.46. The van der Waals surface area contributed by atoms with Crippen LogP contribution in [0.3, 0.4) is 0 Å². The summed E-state index contributed by atoms with van der Waals surface area (Å²) in [5, 5.41) is 3.63. The Labute approximate surface area is 129 Å². The summed E-state index contributed by atoms with van der Waals surface area (Å²) in [6.07, 6.45) is 3.54. The second kappa shape index (κ2) is 5.10. The van der Waals surface area contributed by atoms with Gasteiger partial charge in [0.15, 0.2) is 0 Å². The molecule has 21 heavy (non-hydrogen) atoms. The molecule has 0 aromatic heterocycles. The van der Waals surface area contributed by atoms with Crippen LogP contribution in [0.25, 0.3) is 0 Å². The SMILES string of the molecule is CNC(C1Cc2ccccc2C1)C1CC(C)(C)OC1(C)C. The van der Waals surface area contributed by atoms with Crippen molar-refractivity contribution in [1.29, 1.82) is 0 Å². The van der Waals surface area contributed by atoms with Crippen LogP contribution in [0.2, 0.25) is 0 Å². The molecule has 1 fully saturated rings. The van der Waals surface area contributed by atoms with Crippen molar-refractivity contribution in [2.45, 2.75) is 64.2 Å². The highest BCUT2D eigenvalue weighted by Gasteiger charge is 2.50. The number of ether oxygens (including phenoxy) is 1. The Morgan fingerprint density at radius 3 is 2.10 bits per heavy atom. The maximum atomic E-state index is 6.33. The van der Waals surface area contributed by atoms with Crippen molar-refractivity contribution in [1.82, 2.24) is 5.32 Å². The van der Waals surface area contributed by atoms with Crippen LogP contribution in [0.15, 0.2) is 24.3 Å². The van der Waals surface area contributed by atoms with Crippen molar-refractivity contribution in [2.75, 3.05) is 7.05 Å². The van der Waals surface area contributed by atoms with Gasteiger partial charge in [0.05, 0.1) is 11.2 Å². The molecule has 1 aliphatic heterocycles. The number of benzene rings is 1. The second-order valence-electron chi connectivity index (χ2n) is 8.03. The third-order valence-corrected chi connectivity index (χ3v) is 5.50. The Bertz CT molecular complexity index is 495. The molecule has 1 N–H and O–H groups in total. The highest BCUT2D eigenvalue weighted by molar-refractivity contribution is 5.33. The average molecular weight is 287 g/mol. The fourth-order valence-electron chi connectivity index (χ4n) is 4.78. The number of nitrogens with one attached hydrogen (secondary N) is 1. The van der Waals surface area contributed by atoms with Crippen LogP contribution in [-0.2, 0) is 17.6 Å². The summed E-state index contributed by atoms with van der Waals surface area (Å²) >= 11 is 0. The smallest absolute Gasteiger partial charge is 0.0677 e. The van der Waals surface area contributed by atoms with E-state index in [4.69, 9.17) is 4.74 Å². The van der Waals surface area contributed by atoms with Crippen LogP contribution in [0.4, 0.5) is 0 Å². The van der Waals surface area contributed by atoms with Gasteiger partial charge in [-0.25, -0.2) is 0 Å². The lowest BCUT2D eigenvalue weighted by Gasteiger charge is -2.36. The van der Waals surface area contributed by atoms with Crippen LogP contribution in [0.1, 0.15) is 45.2 Å². The van der Waals surface area contributed by atoms with E-state index in [9.17, 15) is 0 Å². The van der Waals surface area contributed by atoms with E-state index in [-0.39, 0.29) is 11.2 Å². The Hall–Kier alpha value is -0.860. The van der Waals surface area contributed by atoms with Gasteiger partial charge < -0.3 is 10.1 Å². The molecular weight excluding hydrogens is 258 g/mol. The van der Waals surface area contributed by atoms with E-state index in [1.807, 2.05) is 0 Å². The highest BCUT2D eigenvalue weighted by atomic mass is 16.5. The normalized spacial score (nSPS) is 28.5. The Kier molecular flexibility index (Phi) is 3.66. The summed E-state index contributed by atoms with van der Waals surface area (Å²) in [4.78, 5) is 0. The molecule has 1 aromatic rings. The molecule has 2 atom stereocenters.